The molecule has 2 aliphatic heterocycles. The van der Waals surface area contributed by atoms with E-state index < -0.39 is 42.7 Å². The minimum absolute atomic E-state index is 0.00154. The lowest BCUT2D eigenvalue weighted by Crippen LogP contribution is -2.41. The Morgan fingerprint density at radius 2 is 1.25 bits per heavy atom. The van der Waals surface area contributed by atoms with Crippen LogP contribution >= 0.6 is 11.6 Å². The van der Waals surface area contributed by atoms with Crippen LogP contribution in [0, 0.1) is 23.6 Å². The van der Waals surface area contributed by atoms with Crippen molar-refractivity contribution in [2.45, 2.75) is 89.4 Å². The predicted molar refractivity (Wildman–Crippen MR) is 252 cm³/mol. The van der Waals surface area contributed by atoms with Gasteiger partial charge in [0.1, 0.15) is 46.0 Å². The zero-order valence-electron chi connectivity index (χ0n) is 38.3. The van der Waals surface area contributed by atoms with Gasteiger partial charge in [0, 0.05) is 48.2 Å². The zero-order valence-corrected chi connectivity index (χ0v) is 40.7. The fourth-order valence-corrected chi connectivity index (χ4v) is 10.2. The van der Waals surface area contributed by atoms with Crippen molar-refractivity contribution in [1.82, 2.24) is 39.3 Å². The number of hydrogen-bond acceptors (Lipinski definition) is 17. The molecule has 2 fully saturated rings. The molecule has 6 N–H and O–H groups in total. The Kier molecular flexibility index (Phi) is 14.6. The van der Waals surface area contributed by atoms with E-state index in [9.17, 15) is 30.8 Å². The van der Waals surface area contributed by atoms with Crippen molar-refractivity contribution >= 4 is 66.7 Å². The van der Waals surface area contributed by atoms with E-state index in [0.717, 1.165) is 12.8 Å². The number of amides is 2. The average Bonchev–Trinajstić information content (AvgIpc) is 3.68. The summed E-state index contributed by atoms with van der Waals surface area (Å²) in [5, 5.41) is -0.770. The summed E-state index contributed by atoms with van der Waals surface area (Å²) in [6.45, 7) is 17.9. The smallest absolute Gasteiger partial charge is 0.281 e. The Morgan fingerprint density at radius 1 is 0.776 bits per heavy atom. The number of halogens is 2. The maximum Gasteiger partial charge on any atom is 0.281 e. The molecule has 358 valence electrons. The molecule has 23 heteroatoms. The van der Waals surface area contributed by atoms with Crippen molar-refractivity contribution < 1.29 is 35.6 Å². The monoisotopic (exact) mass is 980 g/mol. The minimum atomic E-state index is -4.33. The first kappa shape index (κ1) is 50.2. The third-order valence-corrected chi connectivity index (χ3v) is 13.5. The van der Waals surface area contributed by atoms with Gasteiger partial charge in [0.2, 0.25) is 5.28 Å². The molecule has 7 rings (SSSR count). The van der Waals surface area contributed by atoms with Crippen LogP contribution in [0.15, 0.2) is 77.0 Å². The highest BCUT2D eigenvalue weighted by Gasteiger charge is 2.41. The Hall–Kier alpha value is -6.26. The Bertz CT molecular complexity index is 2910. The number of hydrogen-bond donors (Lipinski definition) is 4. The normalized spacial score (nSPS) is 17.7. The molecule has 0 unspecified atom stereocenters. The maximum atomic E-state index is 14.5. The molecule has 2 saturated heterocycles. The van der Waals surface area contributed by atoms with Crippen LogP contribution < -0.4 is 35.4 Å². The number of anilines is 4. The molecule has 0 bridgehead atoms. The van der Waals surface area contributed by atoms with E-state index in [1.54, 1.807) is 6.07 Å². The number of nitrogens with one attached hydrogen (secondary N) is 2. The predicted octanol–water partition coefficient (Wildman–Crippen LogP) is 5.89. The molecule has 0 radical (unpaired) electrons. The van der Waals surface area contributed by atoms with E-state index >= 15 is 0 Å². The number of nitrogens with zero attached hydrogens (tertiary/aromatic N) is 8. The zero-order chi connectivity index (χ0) is 49.2. The molecule has 5 aromatic rings. The second-order valence-electron chi connectivity index (χ2n) is 18.3. The number of benzene rings is 1. The van der Waals surface area contributed by atoms with Crippen LogP contribution in [-0.4, -0.2) is 89.3 Å². The second-order valence-corrected chi connectivity index (χ2v) is 21.9. The van der Waals surface area contributed by atoms with Gasteiger partial charge in [0.15, 0.2) is 15.9 Å². The summed E-state index contributed by atoms with van der Waals surface area (Å²) >= 11 is 5.95. The summed E-state index contributed by atoms with van der Waals surface area (Å²) in [7, 11) is -8.55. The third-order valence-electron chi connectivity index (χ3n) is 10.9. The molecule has 0 spiro atoms. The van der Waals surface area contributed by atoms with Crippen LogP contribution in [0.25, 0.3) is 11.4 Å². The summed E-state index contributed by atoms with van der Waals surface area (Å²) in [6.07, 6.45) is 4.20. The van der Waals surface area contributed by atoms with Gasteiger partial charge in [-0.25, -0.2) is 38.8 Å². The first-order valence-electron chi connectivity index (χ1n) is 21.2. The van der Waals surface area contributed by atoms with Crippen LogP contribution in [0.5, 0.6) is 5.75 Å². The van der Waals surface area contributed by atoms with E-state index in [2.05, 4.69) is 48.5 Å². The lowest BCUT2D eigenvalue weighted by atomic mass is 9.97. The summed E-state index contributed by atoms with van der Waals surface area (Å²) < 4.78 is 75.1. The van der Waals surface area contributed by atoms with Crippen LogP contribution in [0.3, 0.4) is 0 Å². The standard InChI is InChI=1S/C27H33FN6O4S.C17H21ClN6O3S/c1-16(2)15-38-20-10-18(9-19(28)11-20)24-30-13-21(25(32-24)34-14-17(3)12-27(34,4)5)26(35)33-39(36,37)23-8-6-7-22(29)31-23;1-10-7-17(2,3)24(9-10)14-11(8-20-16(18)22-14)15(25)23-28(26,27)13-6-4-5-12(19)21-13/h6-11,13,16-17H,12,14-15H2,1-5H3,(H2,29,31)(H,33,35);4-6,8,10H,7,9H2,1-3H3,(H2,19,21)(H,23,25)/t17-;10-/m00/s1. The van der Waals surface area contributed by atoms with E-state index in [4.69, 9.17) is 27.8 Å². The molecular formula is C44H54ClFN12O7S2. The molecular weight excluding hydrogens is 927 g/mol. The fourth-order valence-electron chi connectivity index (χ4n) is 8.17. The highest BCUT2D eigenvalue weighted by Crippen LogP contribution is 2.39. The molecule has 2 atom stereocenters. The van der Waals surface area contributed by atoms with Crippen molar-refractivity contribution in [2.24, 2.45) is 17.8 Å². The number of rotatable bonds is 12. The Labute approximate surface area is 394 Å². The van der Waals surface area contributed by atoms with Crippen molar-refractivity contribution in [2.75, 3.05) is 41.0 Å². The van der Waals surface area contributed by atoms with Gasteiger partial charge in [0.05, 0.1) is 6.61 Å². The van der Waals surface area contributed by atoms with Gasteiger partial charge in [-0.1, -0.05) is 39.8 Å². The van der Waals surface area contributed by atoms with Gasteiger partial charge in [-0.15, -0.1) is 0 Å². The van der Waals surface area contributed by atoms with E-state index in [1.807, 2.05) is 56.1 Å². The molecule has 2 amide bonds. The summed E-state index contributed by atoms with van der Waals surface area (Å²) in [5.74, 6) is -0.324. The highest BCUT2D eigenvalue weighted by molar-refractivity contribution is 7.90. The first-order chi connectivity index (χ1) is 31.2. The largest absolute Gasteiger partial charge is 0.493 e. The van der Waals surface area contributed by atoms with Crippen molar-refractivity contribution in [1.29, 1.82) is 0 Å². The Balaban J connectivity index is 0.000000233. The van der Waals surface area contributed by atoms with E-state index in [1.165, 1.54) is 60.9 Å². The molecule has 19 nitrogen and oxygen atoms in total. The Morgan fingerprint density at radius 3 is 1.70 bits per heavy atom. The SMILES string of the molecule is CC(C)COc1cc(F)cc(-c2ncc(C(=O)NS(=O)(=O)c3cccc(N)n3)c(N3C[C@@H](C)CC3(C)C)n2)c1.C[C@@H]1CN(c2nc(Cl)ncc2C(=O)NS(=O)(=O)c2cccc(N)n2)C(C)(C)C1. The third kappa shape index (κ3) is 12.0. The van der Waals surface area contributed by atoms with Crippen LogP contribution in [-0.2, 0) is 20.0 Å². The number of carbonyl (C=O) groups is 2. The topological polar surface area (TPSA) is 272 Å². The number of nitrogens with two attached hydrogens (primary N) is 2. The van der Waals surface area contributed by atoms with Crippen molar-refractivity contribution in [3.8, 4) is 17.1 Å². The number of nitrogen functional groups attached to an aromatic ring is 2. The highest BCUT2D eigenvalue weighted by atomic mass is 35.5. The number of sulfonamides is 2. The van der Waals surface area contributed by atoms with Crippen LogP contribution in [0.1, 0.15) is 88.9 Å². The van der Waals surface area contributed by atoms with Gasteiger partial charge in [0.25, 0.3) is 31.9 Å². The molecule has 0 saturated carbocycles. The quantitative estimate of drug-likeness (QED) is 0.106. The summed E-state index contributed by atoms with van der Waals surface area (Å²) in [5.41, 5.74) is 10.8. The van der Waals surface area contributed by atoms with E-state index in [0.29, 0.717) is 48.7 Å². The lowest BCUT2D eigenvalue weighted by Gasteiger charge is -2.33. The first-order valence-corrected chi connectivity index (χ1v) is 24.6. The average molecular weight is 982 g/mol. The van der Waals surface area contributed by atoms with E-state index in [-0.39, 0.29) is 61.7 Å². The molecule has 0 aliphatic carbocycles. The second kappa shape index (κ2) is 19.5. The van der Waals surface area contributed by atoms with Gasteiger partial charge in [-0.2, -0.15) is 21.8 Å². The molecule has 4 aromatic heterocycles. The van der Waals surface area contributed by atoms with Crippen LogP contribution in [0.4, 0.5) is 27.7 Å². The van der Waals surface area contributed by atoms with Crippen LogP contribution in [0.2, 0.25) is 5.28 Å². The van der Waals surface area contributed by atoms with Crippen molar-refractivity contribution in [3.05, 3.63) is 89.2 Å². The number of aromatic nitrogens is 6. The number of ether oxygens (including phenoxy) is 1. The van der Waals surface area contributed by atoms with Gasteiger partial charge < -0.3 is 26.0 Å². The summed E-state index contributed by atoms with van der Waals surface area (Å²) in [6, 6.07) is 12.4. The number of carbonyl (C=O) groups excluding carboxylic acids is 2. The van der Waals surface area contributed by atoms with Gasteiger partial charge >= 0.3 is 0 Å². The summed E-state index contributed by atoms with van der Waals surface area (Å²) in [4.78, 5) is 54.7. The molecule has 2 aliphatic rings. The molecule has 6 heterocycles. The molecule has 67 heavy (non-hydrogen) atoms. The van der Waals surface area contributed by atoms with Crippen molar-refractivity contribution in [3.63, 3.8) is 0 Å². The maximum absolute atomic E-state index is 14.5. The van der Waals surface area contributed by atoms with Gasteiger partial charge in [-0.05, 0) is 106 Å². The lowest BCUT2D eigenvalue weighted by molar-refractivity contribution is 0.0971. The fraction of sp³-hybridized carbons (Fsp3) is 0.409. The number of pyridine rings is 2. The minimum Gasteiger partial charge on any atom is -0.493 e. The van der Waals surface area contributed by atoms with Gasteiger partial charge in [-0.3, -0.25) is 9.59 Å². The molecule has 1 aromatic carbocycles.